The van der Waals surface area contributed by atoms with Gasteiger partial charge in [-0.3, -0.25) is 0 Å². The molecule has 1 N–H and O–H groups in total. The maximum atomic E-state index is 14.0. The van der Waals surface area contributed by atoms with Crippen molar-refractivity contribution in [2.24, 2.45) is 0 Å². The first-order chi connectivity index (χ1) is 9.72. The summed E-state index contributed by atoms with van der Waals surface area (Å²) in [6.45, 7) is 2.95. The number of hydrogen-bond acceptors (Lipinski definition) is 3. The molecule has 3 nitrogen and oxygen atoms in total. The zero-order valence-electron chi connectivity index (χ0n) is 11.3. The number of benzene rings is 1. The third-order valence-corrected chi connectivity index (χ3v) is 3.40. The van der Waals surface area contributed by atoms with Crippen LogP contribution in [0.2, 0.25) is 5.02 Å². The molecule has 0 aliphatic carbocycles. The van der Waals surface area contributed by atoms with Gasteiger partial charge in [0.2, 0.25) is 0 Å². The molecule has 2 aromatic rings. The van der Waals surface area contributed by atoms with Gasteiger partial charge in [-0.05, 0) is 42.6 Å². The van der Waals surface area contributed by atoms with E-state index in [-0.39, 0.29) is 16.9 Å². The van der Waals surface area contributed by atoms with Crippen molar-refractivity contribution in [2.45, 2.75) is 25.8 Å². The lowest BCUT2D eigenvalue weighted by Crippen LogP contribution is -2.24. The fourth-order valence-electron chi connectivity index (χ4n) is 2.06. The second kappa shape index (κ2) is 7.31. The Hall–Kier alpha value is -1.52. The number of nitrogens with zero attached hydrogens (tertiary/aromatic N) is 2. The van der Waals surface area contributed by atoms with E-state index in [1.54, 1.807) is 30.6 Å². The van der Waals surface area contributed by atoms with Crippen molar-refractivity contribution in [1.82, 2.24) is 15.5 Å². The molecule has 0 saturated carbocycles. The van der Waals surface area contributed by atoms with Gasteiger partial charge in [0.1, 0.15) is 5.82 Å². The summed E-state index contributed by atoms with van der Waals surface area (Å²) < 4.78 is 14.0. The van der Waals surface area contributed by atoms with Gasteiger partial charge in [0, 0.05) is 12.2 Å². The molecule has 20 heavy (non-hydrogen) atoms. The first kappa shape index (κ1) is 14.9. The summed E-state index contributed by atoms with van der Waals surface area (Å²) in [5, 5.41) is 11.2. The minimum Gasteiger partial charge on any atom is -0.310 e. The van der Waals surface area contributed by atoms with Crippen molar-refractivity contribution in [3.63, 3.8) is 0 Å². The highest BCUT2D eigenvalue weighted by Crippen LogP contribution is 2.23. The van der Waals surface area contributed by atoms with Crippen LogP contribution in [0.3, 0.4) is 0 Å². The first-order valence-corrected chi connectivity index (χ1v) is 7.03. The Bertz CT molecular complexity index is 548. The highest BCUT2D eigenvalue weighted by molar-refractivity contribution is 6.30. The Morgan fingerprint density at radius 2 is 2.15 bits per heavy atom. The minimum absolute atomic E-state index is 0.00147. The fraction of sp³-hybridized carbons (Fsp3) is 0.333. The molecular formula is C15H17ClFN3. The second-order valence-electron chi connectivity index (χ2n) is 4.60. The molecule has 2 rings (SSSR count). The lowest BCUT2D eigenvalue weighted by molar-refractivity contribution is 0.511. The molecule has 0 spiro atoms. The van der Waals surface area contributed by atoms with Crippen LogP contribution in [-0.2, 0) is 6.42 Å². The van der Waals surface area contributed by atoms with Crippen molar-refractivity contribution in [1.29, 1.82) is 0 Å². The maximum Gasteiger partial charge on any atom is 0.145 e. The van der Waals surface area contributed by atoms with Gasteiger partial charge in [-0.15, -0.1) is 0 Å². The van der Waals surface area contributed by atoms with E-state index in [4.69, 9.17) is 11.6 Å². The molecule has 0 aliphatic heterocycles. The van der Waals surface area contributed by atoms with Crippen LogP contribution in [0.4, 0.5) is 4.39 Å². The maximum absolute atomic E-state index is 14.0. The van der Waals surface area contributed by atoms with Crippen LogP contribution in [0.15, 0.2) is 36.7 Å². The summed E-state index contributed by atoms with van der Waals surface area (Å²) in [5.41, 5.74) is 1.59. The molecule has 0 fully saturated rings. The molecule has 0 saturated heterocycles. The van der Waals surface area contributed by atoms with E-state index in [1.807, 2.05) is 6.07 Å². The number of nitrogens with one attached hydrogen (secondary N) is 1. The number of aromatic nitrogens is 2. The predicted molar refractivity (Wildman–Crippen MR) is 78.2 cm³/mol. The van der Waals surface area contributed by atoms with Gasteiger partial charge in [0.25, 0.3) is 0 Å². The van der Waals surface area contributed by atoms with Gasteiger partial charge >= 0.3 is 0 Å². The monoisotopic (exact) mass is 293 g/mol. The molecule has 106 valence electrons. The second-order valence-corrected chi connectivity index (χ2v) is 5.01. The van der Waals surface area contributed by atoms with Crippen molar-refractivity contribution in [3.05, 3.63) is 58.6 Å². The molecule has 1 aromatic heterocycles. The van der Waals surface area contributed by atoms with Crippen LogP contribution >= 0.6 is 11.6 Å². The van der Waals surface area contributed by atoms with Crippen LogP contribution in [0.25, 0.3) is 0 Å². The lowest BCUT2D eigenvalue weighted by atomic mass is 10.00. The summed E-state index contributed by atoms with van der Waals surface area (Å²) in [5.74, 6) is -0.348. The van der Waals surface area contributed by atoms with E-state index >= 15 is 0 Å². The van der Waals surface area contributed by atoms with Crippen molar-refractivity contribution in [3.8, 4) is 0 Å². The molecule has 1 heterocycles. The number of rotatable bonds is 6. The molecule has 0 bridgehead atoms. The first-order valence-electron chi connectivity index (χ1n) is 6.65. The summed E-state index contributed by atoms with van der Waals surface area (Å²) in [6.07, 6.45) is 4.88. The molecule has 0 radical (unpaired) electrons. The van der Waals surface area contributed by atoms with Crippen LogP contribution in [0, 0.1) is 5.82 Å². The van der Waals surface area contributed by atoms with Crippen molar-refractivity contribution >= 4 is 11.6 Å². The average Bonchev–Trinajstić information content (AvgIpc) is 2.48. The molecule has 1 atom stereocenters. The van der Waals surface area contributed by atoms with Crippen molar-refractivity contribution < 1.29 is 4.39 Å². The predicted octanol–water partition coefficient (Wildman–Crippen LogP) is 3.55. The molecular weight excluding hydrogens is 277 g/mol. The number of halogens is 2. The van der Waals surface area contributed by atoms with E-state index in [2.05, 4.69) is 22.4 Å². The van der Waals surface area contributed by atoms with E-state index in [0.717, 1.165) is 18.5 Å². The normalized spacial score (nSPS) is 12.3. The average molecular weight is 294 g/mol. The lowest BCUT2D eigenvalue weighted by Gasteiger charge is -2.19. The van der Waals surface area contributed by atoms with E-state index in [0.29, 0.717) is 12.0 Å². The van der Waals surface area contributed by atoms with Gasteiger partial charge in [0.15, 0.2) is 0 Å². The van der Waals surface area contributed by atoms with E-state index < -0.39 is 0 Å². The molecule has 1 unspecified atom stereocenters. The highest BCUT2D eigenvalue weighted by atomic mass is 35.5. The zero-order chi connectivity index (χ0) is 14.4. The quantitative estimate of drug-likeness (QED) is 0.885. The highest BCUT2D eigenvalue weighted by Gasteiger charge is 2.15. The molecule has 1 aromatic carbocycles. The van der Waals surface area contributed by atoms with Crippen LogP contribution in [0.1, 0.15) is 30.5 Å². The van der Waals surface area contributed by atoms with Crippen molar-refractivity contribution in [2.75, 3.05) is 6.54 Å². The third-order valence-electron chi connectivity index (χ3n) is 3.11. The Morgan fingerprint density at radius 3 is 2.85 bits per heavy atom. The Morgan fingerprint density at radius 1 is 1.30 bits per heavy atom. The molecule has 0 amide bonds. The van der Waals surface area contributed by atoms with Gasteiger partial charge in [-0.25, -0.2) is 4.39 Å². The van der Waals surface area contributed by atoms with E-state index in [9.17, 15) is 4.39 Å². The van der Waals surface area contributed by atoms with E-state index in [1.165, 1.54) is 0 Å². The minimum atomic E-state index is -0.348. The van der Waals surface area contributed by atoms with Crippen LogP contribution < -0.4 is 5.32 Å². The zero-order valence-corrected chi connectivity index (χ0v) is 12.1. The summed E-state index contributed by atoms with van der Waals surface area (Å²) in [6, 6.07) is 6.98. The van der Waals surface area contributed by atoms with Gasteiger partial charge in [-0.2, -0.15) is 10.2 Å². The molecule has 5 heteroatoms. The van der Waals surface area contributed by atoms with Gasteiger partial charge in [0.05, 0.1) is 11.2 Å². The SMILES string of the molecule is CCCNC(Cc1cccc(Cl)c1F)c1ccnnc1. The largest absolute Gasteiger partial charge is 0.310 e. The van der Waals surface area contributed by atoms with Gasteiger partial charge in [-0.1, -0.05) is 30.7 Å². The fourth-order valence-corrected chi connectivity index (χ4v) is 2.25. The topological polar surface area (TPSA) is 37.8 Å². The summed E-state index contributed by atoms with van der Waals surface area (Å²) >= 11 is 5.83. The Kier molecular flexibility index (Phi) is 5.44. The smallest absolute Gasteiger partial charge is 0.145 e. The van der Waals surface area contributed by atoms with Gasteiger partial charge < -0.3 is 5.32 Å². The summed E-state index contributed by atoms with van der Waals surface area (Å²) in [4.78, 5) is 0. The molecule has 0 aliphatic rings. The Labute approximate surface area is 123 Å². The number of hydrogen-bond donors (Lipinski definition) is 1. The summed E-state index contributed by atoms with van der Waals surface area (Å²) in [7, 11) is 0. The van der Waals surface area contributed by atoms with Crippen LogP contribution in [-0.4, -0.2) is 16.7 Å². The van der Waals surface area contributed by atoms with Crippen LogP contribution in [0.5, 0.6) is 0 Å². The third kappa shape index (κ3) is 3.74. The Balaban J connectivity index is 2.21. The standard InChI is InChI=1S/C15H17ClFN3/c1-2-7-18-14(12-6-8-19-20-10-12)9-11-4-3-5-13(16)15(11)17/h3-6,8,10,14,18H,2,7,9H2,1H3.